The van der Waals surface area contributed by atoms with E-state index in [1.54, 1.807) is 24.8 Å². The van der Waals surface area contributed by atoms with Crippen molar-refractivity contribution in [1.29, 1.82) is 0 Å². The number of aryl methyl sites for hydroxylation is 1. The molecule has 0 unspecified atom stereocenters. The molecule has 0 aliphatic carbocycles. The number of aliphatic hydroxyl groups is 1. The Morgan fingerprint density at radius 1 is 1.38 bits per heavy atom. The van der Waals surface area contributed by atoms with Crippen molar-refractivity contribution >= 4 is 11.8 Å². The number of amides is 2. The molecule has 26 heavy (non-hydrogen) atoms. The first-order valence-electron chi connectivity index (χ1n) is 8.71. The van der Waals surface area contributed by atoms with Gasteiger partial charge in [-0.15, -0.1) is 0 Å². The fourth-order valence-electron chi connectivity index (χ4n) is 3.16. The first-order valence-corrected chi connectivity index (χ1v) is 8.71. The molecule has 2 amide bonds. The van der Waals surface area contributed by atoms with E-state index in [-0.39, 0.29) is 11.6 Å². The number of carbonyl (C=O) groups excluding carboxylic acids is 2. The van der Waals surface area contributed by atoms with Crippen LogP contribution in [0.25, 0.3) is 0 Å². The van der Waals surface area contributed by atoms with E-state index in [1.807, 2.05) is 18.2 Å². The van der Waals surface area contributed by atoms with Gasteiger partial charge < -0.3 is 15.7 Å². The van der Waals surface area contributed by atoms with E-state index in [9.17, 15) is 14.7 Å². The number of fused-ring (bicyclic) bond motifs is 1. The molecule has 0 saturated carbocycles. The minimum absolute atomic E-state index is 0.0858. The molecule has 1 aliphatic rings. The third-order valence-corrected chi connectivity index (χ3v) is 4.65. The Morgan fingerprint density at radius 3 is 2.85 bits per heavy atom. The predicted octanol–water partition coefficient (Wildman–Crippen LogP) is 1.41. The lowest BCUT2D eigenvalue weighted by molar-refractivity contribution is 0.0714. The van der Waals surface area contributed by atoms with Crippen LogP contribution in [0, 0.1) is 0 Å². The van der Waals surface area contributed by atoms with Gasteiger partial charge in [0.2, 0.25) is 0 Å². The molecule has 0 fully saturated rings. The molecule has 1 aliphatic heterocycles. The lowest BCUT2D eigenvalue weighted by Gasteiger charge is -2.27. The van der Waals surface area contributed by atoms with Crippen LogP contribution in [-0.2, 0) is 19.4 Å². The van der Waals surface area contributed by atoms with Crippen molar-refractivity contribution in [1.82, 2.24) is 15.1 Å². The lowest BCUT2D eigenvalue weighted by Crippen LogP contribution is -2.36. The van der Waals surface area contributed by atoms with Crippen LogP contribution < -0.4 is 5.73 Å². The van der Waals surface area contributed by atoms with Gasteiger partial charge in [0.25, 0.3) is 11.8 Å². The number of H-pyrrole nitrogens is 1. The molecule has 7 nitrogen and oxygen atoms in total. The minimum Gasteiger partial charge on any atom is -0.390 e. The highest BCUT2D eigenvalue weighted by Crippen LogP contribution is 2.22. The summed E-state index contributed by atoms with van der Waals surface area (Å²) in [6.45, 7) is 4.42. The zero-order valence-corrected chi connectivity index (χ0v) is 15.1. The molecule has 1 aromatic carbocycles. The van der Waals surface area contributed by atoms with E-state index >= 15 is 0 Å². The molecule has 0 saturated heterocycles. The second kappa shape index (κ2) is 6.92. The summed E-state index contributed by atoms with van der Waals surface area (Å²) in [5.41, 5.74) is 8.00. The van der Waals surface area contributed by atoms with Gasteiger partial charge in [0.15, 0.2) is 5.69 Å². The molecular formula is C19H24N4O3. The minimum atomic E-state index is -0.740. The Morgan fingerprint density at radius 2 is 2.15 bits per heavy atom. The average molecular weight is 356 g/mol. The highest BCUT2D eigenvalue weighted by Gasteiger charge is 2.27. The fourth-order valence-corrected chi connectivity index (χ4v) is 3.16. The highest BCUT2D eigenvalue weighted by molar-refractivity contribution is 5.95. The van der Waals surface area contributed by atoms with Crippen molar-refractivity contribution in [2.75, 3.05) is 6.54 Å². The topological polar surface area (TPSA) is 112 Å². The molecule has 1 aromatic heterocycles. The standard InChI is InChI=1S/C19H24N4O3/c1-19(2,26)8-6-12-4-3-5-13(10-12)18(25)23-9-7-15-14(11-23)16(17(20)24)22-21-15/h3-5,10,26H,6-9,11H2,1-2H3,(H2,20,24)(H,21,22). The maximum atomic E-state index is 12.9. The van der Waals surface area contributed by atoms with Crippen molar-refractivity contribution in [3.8, 4) is 0 Å². The largest absolute Gasteiger partial charge is 0.390 e. The van der Waals surface area contributed by atoms with E-state index < -0.39 is 11.5 Å². The first-order chi connectivity index (χ1) is 12.2. The quantitative estimate of drug-likeness (QED) is 0.752. The summed E-state index contributed by atoms with van der Waals surface area (Å²) >= 11 is 0. The molecule has 0 spiro atoms. The zero-order valence-electron chi connectivity index (χ0n) is 15.1. The second-order valence-corrected chi connectivity index (χ2v) is 7.38. The third-order valence-electron chi connectivity index (χ3n) is 4.65. The number of nitrogens with zero attached hydrogens (tertiary/aromatic N) is 2. The van der Waals surface area contributed by atoms with Crippen LogP contribution in [0.3, 0.4) is 0 Å². The highest BCUT2D eigenvalue weighted by atomic mass is 16.3. The van der Waals surface area contributed by atoms with Gasteiger partial charge >= 0.3 is 0 Å². The Labute approximate surface area is 152 Å². The fraction of sp³-hybridized carbons (Fsp3) is 0.421. The van der Waals surface area contributed by atoms with E-state index in [1.165, 1.54) is 0 Å². The smallest absolute Gasteiger partial charge is 0.269 e. The zero-order chi connectivity index (χ0) is 18.9. The molecule has 2 aromatic rings. The van der Waals surface area contributed by atoms with E-state index in [2.05, 4.69) is 10.2 Å². The molecule has 7 heteroatoms. The van der Waals surface area contributed by atoms with Crippen LogP contribution in [-0.4, -0.2) is 44.2 Å². The number of aromatic nitrogens is 2. The summed E-state index contributed by atoms with van der Waals surface area (Å²) in [6.07, 6.45) is 1.93. The summed E-state index contributed by atoms with van der Waals surface area (Å²) in [5, 5.41) is 16.7. The molecule has 4 N–H and O–H groups in total. The van der Waals surface area contributed by atoms with Gasteiger partial charge in [0.05, 0.1) is 12.1 Å². The first kappa shape index (κ1) is 18.1. The molecule has 0 atom stereocenters. The molecule has 0 radical (unpaired) electrons. The van der Waals surface area contributed by atoms with Crippen molar-refractivity contribution in [2.24, 2.45) is 5.73 Å². The monoisotopic (exact) mass is 356 g/mol. The van der Waals surface area contributed by atoms with Crippen LogP contribution in [0.1, 0.15) is 57.9 Å². The van der Waals surface area contributed by atoms with Crippen LogP contribution >= 0.6 is 0 Å². The van der Waals surface area contributed by atoms with Crippen LogP contribution in [0.2, 0.25) is 0 Å². The predicted molar refractivity (Wildman–Crippen MR) is 96.6 cm³/mol. The van der Waals surface area contributed by atoms with Gasteiger partial charge in [-0.3, -0.25) is 14.7 Å². The number of primary amides is 1. The molecule has 0 bridgehead atoms. The molecule has 3 rings (SSSR count). The number of nitrogens with two attached hydrogens (primary N) is 1. The summed E-state index contributed by atoms with van der Waals surface area (Å²) in [4.78, 5) is 26.1. The maximum absolute atomic E-state index is 12.9. The Bertz CT molecular complexity index is 836. The van der Waals surface area contributed by atoms with Crippen molar-refractivity contribution in [3.05, 3.63) is 52.3 Å². The van der Waals surface area contributed by atoms with Crippen molar-refractivity contribution in [2.45, 2.75) is 45.3 Å². The molecule has 138 valence electrons. The van der Waals surface area contributed by atoms with Gasteiger partial charge in [-0.25, -0.2) is 0 Å². The van der Waals surface area contributed by atoms with Crippen molar-refractivity contribution < 1.29 is 14.7 Å². The number of benzene rings is 1. The number of carbonyl (C=O) groups is 2. The number of hydrogen-bond acceptors (Lipinski definition) is 4. The van der Waals surface area contributed by atoms with Crippen LogP contribution in [0.15, 0.2) is 24.3 Å². The van der Waals surface area contributed by atoms with Crippen LogP contribution in [0.5, 0.6) is 0 Å². The Balaban J connectivity index is 1.75. The summed E-state index contributed by atoms with van der Waals surface area (Å²) in [5.74, 6) is -0.678. The summed E-state index contributed by atoms with van der Waals surface area (Å²) in [6, 6.07) is 7.47. The van der Waals surface area contributed by atoms with Gasteiger partial charge in [-0.1, -0.05) is 12.1 Å². The average Bonchev–Trinajstić information content (AvgIpc) is 3.02. The lowest BCUT2D eigenvalue weighted by atomic mass is 9.97. The van der Waals surface area contributed by atoms with Gasteiger partial charge in [-0.2, -0.15) is 5.10 Å². The number of aromatic amines is 1. The van der Waals surface area contributed by atoms with Crippen molar-refractivity contribution in [3.63, 3.8) is 0 Å². The van der Waals surface area contributed by atoms with Gasteiger partial charge in [0, 0.05) is 29.8 Å². The Hall–Kier alpha value is -2.67. The molecule has 2 heterocycles. The second-order valence-electron chi connectivity index (χ2n) is 7.38. The normalized spacial score (nSPS) is 14.2. The SMILES string of the molecule is CC(C)(O)CCc1cccc(C(=O)N2CCc3[nH]nc(C(N)=O)c3C2)c1. The van der Waals surface area contributed by atoms with Gasteiger partial charge in [-0.05, 0) is 44.4 Å². The summed E-state index contributed by atoms with van der Waals surface area (Å²) < 4.78 is 0. The third kappa shape index (κ3) is 3.94. The van der Waals surface area contributed by atoms with E-state index in [0.29, 0.717) is 43.5 Å². The van der Waals surface area contributed by atoms with Gasteiger partial charge in [0.1, 0.15) is 0 Å². The number of hydrogen-bond donors (Lipinski definition) is 3. The number of nitrogens with one attached hydrogen (secondary N) is 1. The van der Waals surface area contributed by atoms with Crippen LogP contribution in [0.4, 0.5) is 0 Å². The summed E-state index contributed by atoms with van der Waals surface area (Å²) in [7, 11) is 0. The Kier molecular flexibility index (Phi) is 4.82. The molecular weight excluding hydrogens is 332 g/mol. The maximum Gasteiger partial charge on any atom is 0.269 e. The number of rotatable bonds is 5. The van der Waals surface area contributed by atoms with E-state index in [4.69, 9.17) is 5.73 Å². The van der Waals surface area contributed by atoms with E-state index in [0.717, 1.165) is 11.3 Å².